The first kappa shape index (κ1) is 22.9. The van der Waals surface area contributed by atoms with Gasteiger partial charge in [-0.1, -0.05) is 48.0 Å². The predicted octanol–water partition coefficient (Wildman–Crippen LogP) is 4.01. The summed E-state index contributed by atoms with van der Waals surface area (Å²) < 4.78 is 16.5. The van der Waals surface area contributed by atoms with Crippen LogP contribution in [-0.4, -0.2) is 54.6 Å². The van der Waals surface area contributed by atoms with E-state index >= 15 is 0 Å². The minimum absolute atomic E-state index is 0.00858. The number of nitrogens with zero attached hydrogens (tertiary/aromatic N) is 2. The van der Waals surface area contributed by atoms with Gasteiger partial charge in [-0.15, -0.1) is 0 Å². The van der Waals surface area contributed by atoms with E-state index < -0.39 is 11.4 Å². The van der Waals surface area contributed by atoms with Crippen LogP contribution in [0.5, 0.6) is 17.2 Å². The van der Waals surface area contributed by atoms with Gasteiger partial charge in [0.1, 0.15) is 11.2 Å². The Morgan fingerprint density at radius 2 is 1.64 bits per heavy atom. The first-order valence-electron chi connectivity index (χ1n) is 12.0. The number of halogens is 1. The maximum Gasteiger partial charge on any atom is 0.327 e. The van der Waals surface area contributed by atoms with Crippen LogP contribution in [0.2, 0.25) is 5.02 Å². The van der Waals surface area contributed by atoms with Crippen molar-refractivity contribution >= 4 is 23.5 Å². The van der Waals surface area contributed by atoms with Crippen molar-refractivity contribution in [1.29, 1.82) is 0 Å². The molecule has 0 radical (unpaired) electrons. The quantitative estimate of drug-likeness (QED) is 0.386. The topological polar surface area (TPSA) is 68.3 Å². The van der Waals surface area contributed by atoms with Gasteiger partial charge in [-0.05, 0) is 41.5 Å². The highest BCUT2D eigenvalue weighted by Crippen LogP contribution is 2.48. The Bertz CT molecular complexity index is 1320. The number of amides is 1. The molecule has 184 valence electrons. The van der Waals surface area contributed by atoms with Gasteiger partial charge >= 0.3 is 5.97 Å². The number of fused-ring (bicyclic) bond motifs is 2. The Balaban J connectivity index is 1.18. The number of esters is 1. The predicted molar refractivity (Wildman–Crippen MR) is 133 cm³/mol. The van der Waals surface area contributed by atoms with Crippen molar-refractivity contribution in [3.63, 3.8) is 0 Å². The Labute approximate surface area is 214 Å². The van der Waals surface area contributed by atoms with Crippen LogP contribution >= 0.6 is 11.6 Å². The molecule has 6 rings (SSSR count). The number of carbonyl (C=O) groups excluding carboxylic acids is 2. The summed E-state index contributed by atoms with van der Waals surface area (Å²) in [6, 6.07) is 20.5. The molecule has 3 aliphatic rings. The molecule has 3 heterocycles. The maximum atomic E-state index is 13.6. The summed E-state index contributed by atoms with van der Waals surface area (Å²) >= 11 is 6.30. The third kappa shape index (κ3) is 3.98. The van der Waals surface area contributed by atoms with Crippen molar-refractivity contribution in [3.05, 3.63) is 88.4 Å². The molecule has 1 unspecified atom stereocenters. The minimum Gasteiger partial charge on any atom is -0.454 e. The Hall–Kier alpha value is -3.55. The molecule has 1 saturated heterocycles. The summed E-state index contributed by atoms with van der Waals surface area (Å²) in [6.07, 6.45) is -0.00858. The Morgan fingerprint density at radius 3 is 2.44 bits per heavy atom. The molecule has 1 fully saturated rings. The highest BCUT2D eigenvalue weighted by Gasteiger charge is 2.52. The summed E-state index contributed by atoms with van der Waals surface area (Å²) in [5.74, 6) is 1.48. The molecule has 1 amide bonds. The fourth-order valence-electron chi connectivity index (χ4n) is 5.28. The minimum atomic E-state index is -1.22. The fraction of sp³-hybridized carbons (Fsp3) is 0.286. The molecule has 3 aromatic rings. The zero-order valence-corrected chi connectivity index (χ0v) is 20.4. The molecule has 0 N–H and O–H groups in total. The van der Waals surface area contributed by atoms with Crippen molar-refractivity contribution in [2.75, 3.05) is 33.0 Å². The zero-order valence-electron chi connectivity index (χ0n) is 19.6. The average Bonchev–Trinajstić information content (AvgIpc) is 3.47. The second kappa shape index (κ2) is 9.15. The molecule has 8 heteroatoms. The number of hydrogen-bond donors (Lipinski definition) is 0. The van der Waals surface area contributed by atoms with Gasteiger partial charge in [-0.25, -0.2) is 0 Å². The lowest BCUT2D eigenvalue weighted by Crippen LogP contribution is -2.50. The molecule has 1 atom stereocenters. The van der Waals surface area contributed by atoms with Crippen molar-refractivity contribution in [2.45, 2.75) is 18.4 Å². The van der Waals surface area contributed by atoms with E-state index in [4.69, 9.17) is 25.8 Å². The second-order valence-corrected chi connectivity index (χ2v) is 9.76. The van der Waals surface area contributed by atoms with E-state index in [9.17, 15) is 9.59 Å². The van der Waals surface area contributed by atoms with Gasteiger partial charge in [0.15, 0.2) is 11.5 Å². The molecule has 0 aliphatic carbocycles. The van der Waals surface area contributed by atoms with Gasteiger partial charge in [0.25, 0.3) is 0 Å². The average molecular weight is 505 g/mol. The molecular weight excluding hydrogens is 480 g/mol. The summed E-state index contributed by atoms with van der Waals surface area (Å²) in [4.78, 5) is 31.1. The third-order valence-electron chi connectivity index (χ3n) is 7.20. The number of hydrogen-bond acceptors (Lipinski definition) is 6. The number of carbonyl (C=O) groups is 2. The van der Waals surface area contributed by atoms with Crippen LogP contribution in [0.25, 0.3) is 0 Å². The molecule has 36 heavy (non-hydrogen) atoms. The van der Waals surface area contributed by atoms with Crippen molar-refractivity contribution in [1.82, 2.24) is 9.80 Å². The molecule has 0 spiro atoms. The first-order chi connectivity index (χ1) is 17.5. The van der Waals surface area contributed by atoms with Gasteiger partial charge in [-0.3, -0.25) is 14.5 Å². The standard InChI is InChI=1S/C28H25ClN2O5/c29-21-7-9-23-22(15-21)28(27(33)36-23,20-4-2-1-3-5-20)16-26(32)31-12-10-30(11-13-31)17-19-6-8-24-25(14-19)35-18-34-24/h1-9,14-15H,10-13,16-18H2. The largest absolute Gasteiger partial charge is 0.454 e. The van der Waals surface area contributed by atoms with Gasteiger partial charge in [0, 0.05) is 43.3 Å². The van der Waals surface area contributed by atoms with Crippen molar-refractivity contribution in [2.24, 2.45) is 0 Å². The van der Waals surface area contributed by atoms with Crippen molar-refractivity contribution < 1.29 is 23.8 Å². The summed E-state index contributed by atoms with van der Waals surface area (Å²) in [5, 5.41) is 0.497. The highest BCUT2D eigenvalue weighted by atomic mass is 35.5. The van der Waals surface area contributed by atoms with Crippen LogP contribution in [0.3, 0.4) is 0 Å². The van der Waals surface area contributed by atoms with Crippen LogP contribution in [-0.2, 0) is 21.5 Å². The van der Waals surface area contributed by atoms with E-state index in [-0.39, 0.29) is 19.1 Å². The fourth-order valence-corrected chi connectivity index (χ4v) is 5.45. The van der Waals surface area contributed by atoms with E-state index in [1.54, 1.807) is 18.2 Å². The second-order valence-electron chi connectivity index (χ2n) is 9.32. The van der Waals surface area contributed by atoms with Gasteiger partial charge < -0.3 is 19.1 Å². The van der Waals surface area contributed by atoms with Gasteiger partial charge in [0.2, 0.25) is 12.7 Å². The highest BCUT2D eigenvalue weighted by molar-refractivity contribution is 6.30. The van der Waals surface area contributed by atoms with Gasteiger partial charge in [-0.2, -0.15) is 0 Å². The van der Waals surface area contributed by atoms with Crippen LogP contribution in [0.4, 0.5) is 0 Å². The SMILES string of the molecule is O=C(CC1(c2ccccc2)C(=O)Oc2ccc(Cl)cc21)N1CCN(Cc2ccc3c(c2)OCO3)CC1. The first-order valence-corrected chi connectivity index (χ1v) is 12.4. The van der Waals surface area contributed by atoms with Crippen LogP contribution in [0, 0.1) is 0 Å². The van der Waals surface area contributed by atoms with E-state index in [1.165, 1.54) is 0 Å². The number of piperazine rings is 1. The molecule has 7 nitrogen and oxygen atoms in total. The summed E-state index contributed by atoms with van der Waals surface area (Å²) in [7, 11) is 0. The zero-order chi connectivity index (χ0) is 24.7. The Morgan fingerprint density at radius 1 is 0.889 bits per heavy atom. The third-order valence-corrected chi connectivity index (χ3v) is 7.44. The molecule has 0 aromatic heterocycles. The number of benzene rings is 3. The van der Waals surface area contributed by atoms with E-state index in [0.717, 1.165) is 42.3 Å². The number of rotatable bonds is 5. The normalized spacial score (nSPS) is 20.8. The lowest BCUT2D eigenvalue weighted by molar-refractivity contribution is -0.142. The van der Waals surface area contributed by atoms with E-state index in [0.29, 0.717) is 29.4 Å². The van der Waals surface area contributed by atoms with Crippen LogP contribution < -0.4 is 14.2 Å². The summed E-state index contributed by atoms with van der Waals surface area (Å²) in [5.41, 5.74) is 1.29. The van der Waals surface area contributed by atoms with E-state index in [1.807, 2.05) is 53.4 Å². The number of ether oxygens (including phenoxy) is 3. The van der Waals surface area contributed by atoms with Crippen LogP contribution in [0.1, 0.15) is 23.1 Å². The smallest absolute Gasteiger partial charge is 0.327 e. The Kier molecular flexibility index (Phi) is 5.82. The maximum absolute atomic E-state index is 13.6. The monoisotopic (exact) mass is 504 g/mol. The van der Waals surface area contributed by atoms with E-state index in [2.05, 4.69) is 4.90 Å². The molecular formula is C28H25ClN2O5. The molecule has 0 bridgehead atoms. The van der Waals surface area contributed by atoms with Gasteiger partial charge in [0.05, 0.1) is 6.42 Å². The molecule has 3 aromatic carbocycles. The van der Waals surface area contributed by atoms with Crippen LogP contribution in [0.15, 0.2) is 66.7 Å². The molecule has 0 saturated carbocycles. The molecule has 3 aliphatic heterocycles. The van der Waals surface area contributed by atoms with Crippen molar-refractivity contribution in [3.8, 4) is 17.2 Å². The lowest BCUT2D eigenvalue weighted by Gasteiger charge is -2.36. The summed E-state index contributed by atoms with van der Waals surface area (Å²) in [6.45, 7) is 3.69. The lowest BCUT2D eigenvalue weighted by atomic mass is 9.72.